The first-order valence-electron chi connectivity index (χ1n) is 18.0. The molecule has 0 aromatic carbocycles. The van der Waals surface area contributed by atoms with Gasteiger partial charge in [0.05, 0.1) is 0 Å². The lowest BCUT2D eigenvalue weighted by Gasteiger charge is -2.48. The van der Waals surface area contributed by atoms with Crippen LogP contribution in [0.4, 0.5) is 0 Å². The Bertz CT molecular complexity index is 802. The van der Waals surface area contributed by atoms with Gasteiger partial charge in [0.1, 0.15) is 0 Å². The van der Waals surface area contributed by atoms with Gasteiger partial charge in [-0.1, -0.05) is 0 Å². The number of rotatable bonds is 10. The standard InChI is InChI=1S/C36H72N6/c1-33(2,3)39-25-23-38(24-26-39)29-31-12-18-40(19-13-31)35(7,8)15-16-36(9,10)41-27-21-37(22-28-41)17-11-32-14-20-42(30-32)34(4,5)6/h31-32H,11-30H2,1-10H3. The first-order valence-corrected chi connectivity index (χ1v) is 18.0. The van der Waals surface area contributed by atoms with Crippen LogP contribution in [-0.4, -0.2) is 143 Å². The molecule has 0 aliphatic carbocycles. The molecule has 0 aromatic rings. The Morgan fingerprint density at radius 2 is 0.881 bits per heavy atom. The molecule has 0 aromatic heterocycles. The van der Waals surface area contributed by atoms with Gasteiger partial charge in [-0.15, -0.1) is 0 Å². The highest BCUT2D eigenvalue weighted by Gasteiger charge is 2.36. The van der Waals surface area contributed by atoms with Crippen LogP contribution in [0.3, 0.4) is 0 Å². The minimum Gasteiger partial charge on any atom is -0.301 e. The molecule has 0 amide bonds. The van der Waals surface area contributed by atoms with Crippen molar-refractivity contribution in [2.45, 2.75) is 130 Å². The van der Waals surface area contributed by atoms with E-state index in [2.05, 4.69) is 98.6 Å². The summed E-state index contributed by atoms with van der Waals surface area (Å²) in [7, 11) is 0. The van der Waals surface area contributed by atoms with E-state index in [1.807, 2.05) is 0 Å². The van der Waals surface area contributed by atoms with Crippen LogP contribution in [-0.2, 0) is 0 Å². The third kappa shape index (κ3) is 9.63. The molecule has 4 saturated heterocycles. The lowest BCUT2D eigenvalue weighted by Crippen LogP contribution is -2.56. The zero-order valence-corrected chi connectivity index (χ0v) is 30.0. The fourth-order valence-corrected chi connectivity index (χ4v) is 8.23. The Morgan fingerprint density at radius 3 is 1.38 bits per heavy atom. The SMILES string of the molecule is CC(C)(C)N1CCN(CC2CCN(C(C)(C)CCC(C)(C)N3CCN(CCC4CCN(C(C)(C)C)C4)CC3)CC2)CC1. The topological polar surface area (TPSA) is 19.4 Å². The van der Waals surface area contributed by atoms with Gasteiger partial charge >= 0.3 is 0 Å². The van der Waals surface area contributed by atoms with Crippen molar-refractivity contribution in [1.82, 2.24) is 29.4 Å². The van der Waals surface area contributed by atoms with Crippen LogP contribution in [0.15, 0.2) is 0 Å². The summed E-state index contributed by atoms with van der Waals surface area (Å²) in [4.78, 5) is 16.5. The van der Waals surface area contributed by atoms with Gasteiger partial charge in [-0.3, -0.25) is 19.6 Å². The van der Waals surface area contributed by atoms with E-state index in [0.717, 1.165) is 11.8 Å². The molecule has 246 valence electrons. The summed E-state index contributed by atoms with van der Waals surface area (Å²) >= 11 is 0. The second-order valence-electron chi connectivity index (χ2n) is 17.9. The monoisotopic (exact) mass is 589 g/mol. The van der Waals surface area contributed by atoms with Crippen molar-refractivity contribution in [3.8, 4) is 0 Å². The highest BCUT2D eigenvalue weighted by molar-refractivity contribution is 4.93. The number of piperazine rings is 2. The molecule has 6 heteroatoms. The van der Waals surface area contributed by atoms with Crippen molar-refractivity contribution in [1.29, 1.82) is 0 Å². The first kappa shape index (κ1) is 34.6. The first-order chi connectivity index (χ1) is 19.5. The van der Waals surface area contributed by atoms with Gasteiger partial charge in [0.2, 0.25) is 0 Å². The molecule has 4 heterocycles. The average molecular weight is 589 g/mol. The van der Waals surface area contributed by atoms with Crippen LogP contribution in [0, 0.1) is 11.8 Å². The summed E-state index contributed by atoms with van der Waals surface area (Å²) in [6.45, 7) is 42.0. The van der Waals surface area contributed by atoms with Crippen LogP contribution in [0.25, 0.3) is 0 Å². The molecule has 1 atom stereocenters. The molecule has 4 rings (SSSR count). The van der Waals surface area contributed by atoms with E-state index in [1.165, 1.54) is 130 Å². The van der Waals surface area contributed by atoms with Crippen molar-refractivity contribution in [2.24, 2.45) is 11.8 Å². The van der Waals surface area contributed by atoms with E-state index in [9.17, 15) is 0 Å². The van der Waals surface area contributed by atoms with Gasteiger partial charge in [0, 0.05) is 87.6 Å². The van der Waals surface area contributed by atoms with Crippen molar-refractivity contribution in [3.05, 3.63) is 0 Å². The summed E-state index contributed by atoms with van der Waals surface area (Å²) in [6.07, 6.45) is 8.13. The Morgan fingerprint density at radius 1 is 0.452 bits per heavy atom. The van der Waals surface area contributed by atoms with Gasteiger partial charge < -0.3 is 9.80 Å². The lowest BCUT2D eigenvalue weighted by atomic mass is 9.84. The van der Waals surface area contributed by atoms with Crippen molar-refractivity contribution in [3.63, 3.8) is 0 Å². The molecular formula is C36H72N6. The number of nitrogens with zero attached hydrogens (tertiary/aromatic N) is 6. The smallest absolute Gasteiger partial charge is 0.0155 e. The molecule has 4 fully saturated rings. The maximum absolute atomic E-state index is 2.83. The average Bonchev–Trinajstić information content (AvgIpc) is 3.41. The summed E-state index contributed by atoms with van der Waals surface area (Å²) in [5.74, 6) is 1.78. The molecule has 42 heavy (non-hydrogen) atoms. The van der Waals surface area contributed by atoms with E-state index in [-0.39, 0.29) is 5.54 Å². The molecule has 4 aliphatic rings. The summed E-state index contributed by atoms with van der Waals surface area (Å²) in [5.41, 5.74) is 1.23. The van der Waals surface area contributed by atoms with E-state index >= 15 is 0 Å². The maximum atomic E-state index is 2.83. The van der Waals surface area contributed by atoms with Crippen LogP contribution < -0.4 is 0 Å². The molecule has 0 radical (unpaired) electrons. The summed E-state index contributed by atoms with van der Waals surface area (Å²) in [5, 5.41) is 0. The third-order valence-corrected chi connectivity index (χ3v) is 12.0. The highest BCUT2D eigenvalue weighted by atomic mass is 15.3. The molecule has 0 spiro atoms. The van der Waals surface area contributed by atoms with Gasteiger partial charge in [0.15, 0.2) is 0 Å². The second kappa shape index (κ2) is 14.0. The number of hydrogen-bond acceptors (Lipinski definition) is 6. The fourth-order valence-electron chi connectivity index (χ4n) is 8.23. The number of piperidine rings is 1. The lowest BCUT2D eigenvalue weighted by molar-refractivity contribution is 0.0144. The Balaban J connectivity index is 1.12. The molecule has 0 bridgehead atoms. The predicted molar refractivity (Wildman–Crippen MR) is 182 cm³/mol. The molecule has 1 unspecified atom stereocenters. The van der Waals surface area contributed by atoms with Crippen molar-refractivity contribution >= 4 is 0 Å². The Kier molecular flexibility index (Phi) is 11.6. The predicted octanol–water partition coefficient (Wildman–Crippen LogP) is 5.58. The van der Waals surface area contributed by atoms with E-state index in [1.54, 1.807) is 0 Å². The van der Waals surface area contributed by atoms with Crippen LogP contribution in [0.2, 0.25) is 0 Å². The zero-order valence-electron chi connectivity index (χ0n) is 30.0. The van der Waals surface area contributed by atoms with Gasteiger partial charge in [-0.25, -0.2) is 0 Å². The van der Waals surface area contributed by atoms with Crippen LogP contribution in [0.1, 0.15) is 108 Å². The molecular weight excluding hydrogens is 516 g/mol. The highest BCUT2D eigenvalue weighted by Crippen LogP contribution is 2.33. The van der Waals surface area contributed by atoms with E-state index in [0.29, 0.717) is 16.6 Å². The van der Waals surface area contributed by atoms with E-state index < -0.39 is 0 Å². The largest absolute Gasteiger partial charge is 0.301 e. The quantitative estimate of drug-likeness (QED) is 0.330. The molecule has 0 N–H and O–H groups in total. The minimum atomic E-state index is 0.287. The van der Waals surface area contributed by atoms with Crippen molar-refractivity contribution < 1.29 is 0 Å². The Labute approximate surface area is 262 Å². The zero-order chi connectivity index (χ0) is 30.8. The summed E-state index contributed by atoms with van der Waals surface area (Å²) < 4.78 is 0. The normalized spacial score (nSPS) is 26.9. The number of likely N-dealkylation sites (tertiary alicyclic amines) is 2. The third-order valence-electron chi connectivity index (χ3n) is 12.0. The van der Waals surface area contributed by atoms with Gasteiger partial charge in [0.25, 0.3) is 0 Å². The van der Waals surface area contributed by atoms with Gasteiger partial charge in [-0.05, 0) is 146 Å². The van der Waals surface area contributed by atoms with Crippen LogP contribution in [0.5, 0.6) is 0 Å². The summed E-state index contributed by atoms with van der Waals surface area (Å²) in [6, 6.07) is 0. The van der Waals surface area contributed by atoms with Gasteiger partial charge in [-0.2, -0.15) is 0 Å². The minimum absolute atomic E-state index is 0.287. The molecule has 0 saturated carbocycles. The van der Waals surface area contributed by atoms with Crippen molar-refractivity contribution in [2.75, 3.05) is 91.6 Å². The fraction of sp³-hybridized carbons (Fsp3) is 1.00. The van der Waals surface area contributed by atoms with Crippen LogP contribution >= 0.6 is 0 Å². The maximum Gasteiger partial charge on any atom is 0.0155 e. The molecule has 4 aliphatic heterocycles. The number of hydrogen-bond donors (Lipinski definition) is 0. The van der Waals surface area contributed by atoms with E-state index in [4.69, 9.17) is 0 Å². The second-order valence-corrected chi connectivity index (χ2v) is 17.9. The Hall–Kier alpha value is -0.240. The molecule has 6 nitrogen and oxygen atoms in total.